The number of aliphatic carboxylic acids is 1. The van der Waals surface area contributed by atoms with Gasteiger partial charge in [0, 0.05) is 17.7 Å². The average molecular weight is 565 g/mol. The second-order valence-corrected chi connectivity index (χ2v) is 10.4. The van der Waals surface area contributed by atoms with E-state index < -0.39 is 35.5 Å². The van der Waals surface area contributed by atoms with E-state index in [2.05, 4.69) is 5.32 Å². The van der Waals surface area contributed by atoms with Gasteiger partial charge in [-0.1, -0.05) is 12.1 Å². The molecule has 2 N–H and O–H groups in total. The topological polar surface area (TPSA) is 122 Å². The van der Waals surface area contributed by atoms with Gasteiger partial charge < -0.3 is 24.8 Å². The van der Waals surface area contributed by atoms with Gasteiger partial charge in [-0.15, -0.1) is 11.8 Å². The van der Waals surface area contributed by atoms with Crippen LogP contribution in [0.5, 0.6) is 11.5 Å². The Morgan fingerprint density at radius 3 is 2.55 bits per heavy atom. The number of nitrogens with zero attached hydrogens (tertiary/aromatic N) is 1. The number of nitrogens with one attached hydrogen (secondary N) is 1. The number of fused-ring (bicyclic) bond motifs is 1. The number of carbonyl (C=O) groups is 4. The molecule has 206 valence electrons. The molecule has 40 heavy (non-hydrogen) atoms. The number of hydrogen-bond donors (Lipinski definition) is 2. The fourth-order valence-electron chi connectivity index (χ4n) is 4.58. The molecule has 1 fully saturated rings. The standard InChI is InChI=1S/C29H25FN2O7S/c30-20-4-6-21(7-5-20)32-27(17-1-8-22(9-2-17)39-15-25(34)31-14-26(35)36)28(29(32)37)40-16-23(33)18-3-10-24-19(13-18)11-12-38-24/h1-10,13,27-28H,11-12,14-16H2,(H,31,34)(H,35,36). The summed E-state index contributed by atoms with van der Waals surface area (Å²) in [7, 11) is 0. The zero-order chi connectivity index (χ0) is 28.2. The second kappa shape index (κ2) is 11.8. The molecule has 0 bridgehead atoms. The zero-order valence-electron chi connectivity index (χ0n) is 21.2. The molecule has 2 heterocycles. The molecule has 2 unspecified atom stereocenters. The number of amides is 2. The van der Waals surface area contributed by atoms with Crippen LogP contribution in [0.1, 0.15) is 27.5 Å². The molecular weight excluding hydrogens is 539 g/mol. The molecular formula is C29H25FN2O7S. The summed E-state index contributed by atoms with van der Waals surface area (Å²) in [6, 6.07) is 17.4. The van der Waals surface area contributed by atoms with Crippen LogP contribution < -0.4 is 19.7 Å². The number of ether oxygens (including phenoxy) is 2. The molecule has 0 saturated carbocycles. The normalized spacial score (nSPS) is 17.4. The predicted molar refractivity (Wildman–Crippen MR) is 145 cm³/mol. The minimum Gasteiger partial charge on any atom is -0.493 e. The Bertz CT molecular complexity index is 1450. The third-order valence-corrected chi connectivity index (χ3v) is 7.83. The monoisotopic (exact) mass is 564 g/mol. The summed E-state index contributed by atoms with van der Waals surface area (Å²) in [6.45, 7) is -0.259. The SMILES string of the molecule is O=C(O)CNC(=O)COc1ccc(C2C(SCC(=O)c3ccc4c(c3)CCO4)C(=O)N2c2ccc(F)cc2)cc1. The van der Waals surface area contributed by atoms with Gasteiger partial charge in [-0.2, -0.15) is 0 Å². The fourth-order valence-corrected chi connectivity index (χ4v) is 5.80. The number of carboxylic acids is 1. The number of thioether (sulfide) groups is 1. The third kappa shape index (κ3) is 5.94. The molecule has 11 heteroatoms. The Morgan fingerprint density at radius 1 is 1.07 bits per heavy atom. The third-order valence-electron chi connectivity index (χ3n) is 6.58. The van der Waals surface area contributed by atoms with Gasteiger partial charge in [-0.05, 0) is 65.7 Å². The van der Waals surface area contributed by atoms with E-state index in [1.165, 1.54) is 36.0 Å². The van der Waals surface area contributed by atoms with Crippen LogP contribution in [0.15, 0.2) is 66.7 Å². The van der Waals surface area contributed by atoms with Gasteiger partial charge in [0.05, 0.1) is 18.4 Å². The maximum absolute atomic E-state index is 13.6. The number of rotatable bonds is 11. The minimum absolute atomic E-state index is 0.0867. The number of anilines is 1. The highest BCUT2D eigenvalue weighted by Gasteiger charge is 2.49. The van der Waals surface area contributed by atoms with Crippen molar-refractivity contribution in [1.29, 1.82) is 0 Å². The van der Waals surface area contributed by atoms with E-state index in [0.717, 1.165) is 23.3 Å². The molecule has 0 spiro atoms. The van der Waals surface area contributed by atoms with Crippen LogP contribution in [0.2, 0.25) is 0 Å². The number of halogens is 1. The lowest BCUT2D eigenvalue weighted by atomic mass is 9.92. The Labute approximate surface area is 233 Å². The van der Waals surface area contributed by atoms with E-state index in [-0.39, 0.29) is 24.1 Å². The summed E-state index contributed by atoms with van der Waals surface area (Å²) < 4.78 is 24.5. The van der Waals surface area contributed by atoms with Crippen molar-refractivity contribution in [3.05, 3.63) is 89.2 Å². The van der Waals surface area contributed by atoms with Crippen LogP contribution in [0.3, 0.4) is 0 Å². The van der Waals surface area contributed by atoms with E-state index in [0.29, 0.717) is 23.6 Å². The molecule has 2 amide bonds. The largest absolute Gasteiger partial charge is 0.493 e. The van der Waals surface area contributed by atoms with E-state index in [4.69, 9.17) is 14.6 Å². The summed E-state index contributed by atoms with van der Waals surface area (Å²) in [4.78, 5) is 50.1. The first kappa shape index (κ1) is 27.2. The average Bonchev–Trinajstić information content (AvgIpc) is 3.43. The predicted octanol–water partition coefficient (Wildman–Crippen LogP) is 3.41. The number of carbonyl (C=O) groups excluding carboxylic acids is 3. The van der Waals surface area contributed by atoms with Crippen molar-refractivity contribution in [2.75, 3.05) is 30.4 Å². The molecule has 9 nitrogen and oxygen atoms in total. The second-order valence-electron chi connectivity index (χ2n) is 9.23. The first-order valence-corrected chi connectivity index (χ1v) is 13.6. The van der Waals surface area contributed by atoms with Gasteiger partial charge in [0.25, 0.3) is 5.91 Å². The van der Waals surface area contributed by atoms with Crippen LogP contribution in [0.25, 0.3) is 0 Å². The molecule has 2 atom stereocenters. The van der Waals surface area contributed by atoms with Crippen molar-refractivity contribution < 1.29 is 38.1 Å². The molecule has 0 aromatic heterocycles. The van der Waals surface area contributed by atoms with Crippen LogP contribution in [-0.2, 0) is 20.8 Å². The Kier molecular flexibility index (Phi) is 8.01. The fraction of sp³-hybridized carbons (Fsp3) is 0.241. The number of benzene rings is 3. The first-order chi connectivity index (χ1) is 19.3. The molecule has 0 radical (unpaired) electrons. The maximum atomic E-state index is 13.6. The lowest BCUT2D eigenvalue weighted by molar-refractivity contribution is -0.138. The highest BCUT2D eigenvalue weighted by atomic mass is 32.2. The summed E-state index contributed by atoms with van der Waals surface area (Å²) in [6.07, 6.45) is 0.756. The van der Waals surface area contributed by atoms with E-state index in [1.807, 2.05) is 6.07 Å². The van der Waals surface area contributed by atoms with E-state index in [9.17, 15) is 23.6 Å². The summed E-state index contributed by atoms with van der Waals surface area (Å²) in [5.41, 5.74) is 2.88. The van der Waals surface area contributed by atoms with Crippen LogP contribution >= 0.6 is 11.8 Å². The van der Waals surface area contributed by atoms with Gasteiger partial charge in [0.2, 0.25) is 5.91 Å². The van der Waals surface area contributed by atoms with Crippen LogP contribution in [0.4, 0.5) is 10.1 Å². The summed E-state index contributed by atoms with van der Waals surface area (Å²) in [5, 5.41) is 10.3. The molecule has 5 rings (SSSR count). The Morgan fingerprint density at radius 2 is 1.82 bits per heavy atom. The van der Waals surface area contributed by atoms with E-state index in [1.54, 1.807) is 41.3 Å². The van der Waals surface area contributed by atoms with Crippen molar-refractivity contribution in [2.24, 2.45) is 0 Å². The molecule has 0 aliphatic carbocycles. The molecule has 2 aliphatic heterocycles. The molecule has 2 aliphatic rings. The van der Waals surface area contributed by atoms with Gasteiger partial charge in [0.15, 0.2) is 12.4 Å². The van der Waals surface area contributed by atoms with Crippen molar-refractivity contribution in [3.63, 3.8) is 0 Å². The lowest BCUT2D eigenvalue weighted by Crippen LogP contribution is -2.57. The minimum atomic E-state index is -1.16. The Balaban J connectivity index is 1.29. The number of carboxylic acid groups (broad SMARTS) is 1. The van der Waals surface area contributed by atoms with Crippen molar-refractivity contribution >= 4 is 41.0 Å². The quantitative estimate of drug-likeness (QED) is 0.269. The van der Waals surface area contributed by atoms with Crippen molar-refractivity contribution in [3.8, 4) is 11.5 Å². The summed E-state index contributed by atoms with van der Waals surface area (Å²) >= 11 is 1.26. The maximum Gasteiger partial charge on any atom is 0.322 e. The lowest BCUT2D eigenvalue weighted by Gasteiger charge is -2.47. The van der Waals surface area contributed by atoms with Crippen molar-refractivity contribution in [1.82, 2.24) is 5.32 Å². The van der Waals surface area contributed by atoms with Gasteiger partial charge >= 0.3 is 5.97 Å². The van der Waals surface area contributed by atoms with E-state index >= 15 is 0 Å². The van der Waals surface area contributed by atoms with Gasteiger partial charge in [-0.25, -0.2) is 4.39 Å². The first-order valence-electron chi connectivity index (χ1n) is 12.5. The Hall–Kier alpha value is -4.38. The number of Topliss-reactive ketones (excluding diaryl/α,β-unsaturated/α-hetero) is 1. The summed E-state index contributed by atoms with van der Waals surface area (Å²) in [5.74, 6) is -1.14. The zero-order valence-corrected chi connectivity index (χ0v) is 22.0. The number of ketones is 1. The molecule has 1 saturated heterocycles. The smallest absolute Gasteiger partial charge is 0.322 e. The highest BCUT2D eigenvalue weighted by molar-refractivity contribution is 8.01. The van der Waals surface area contributed by atoms with Gasteiger partial charge in [-0.3, -0.25) is 19.2 Å². The van der Waals surface area contributed by atoms with Crippen molar-refractivity contribution in [2.45, 2.75) is 17.7 Å². The number of hydrogen-bond acceptors (Lipinski definition) is 7. The number of β-lactam (4-membered cyclic amide) rings is 1. The molecule has 3 aromatic rings. The van der Waals surface area contributed by atoms with Crippen LogP contribution in [-0.4, -0.2) is 59.4 Å². The molecule has 3 aromatic carbocycles. The van der Waals surface area contributed by atoms with Gasteiger partial charge in [0.1, 0.15) is 29.1 Å². The van der Waals surface area contributed by atoms with Crippen LogP contribution in [0, 0.1) is 5.82 Å². The highest BCUT2D eigenvalue weighted by Crippen LogP contribution is 2.45.